The molecule has 1 atom stereocenters. The van der Waals surface area contributed by atoms with Crippen LogP contribution in [0.3, 0.4) is 0 Å². The number of aliphatic hydroxyl groups excluding tert-OH is 1. The summed E-state index contributed by atoms with van der Waals surface area (Å²) in [5.74, 6) is -0.372. The van der Waals surface area contributed by atoms with Gasteiger partial charge in [-0.25, -0.2) is 0 Å². The molecule has 0 spiro atoms. The smallest absolute Gasteiger partial charge is 0.311 e. The Morgan fingerprint density at radius 1 is 1.47 bits per heavy atom. The van der Waals surface area contributed by atoms with Crippen LogP contribution in [0.1, 0.15) is 24.4 Å². The van der Waals surface area contributed by atoms with Crippen molar-refractivity contribution in [3.05, 3.63) is 33.9 Å². The first-order valence-corrected chi connectivity index (χ1v) is 4.90. The first kappa shape index (κ1) is 15.6. The molecule has 1 aromatic rings. The fourth-order valence-electron chi connectivity index (χ4n) is 1.40. The van der Waals surface area contributed by atoms with E-state index in [1.54, 1.807) is 6.07 Å². The van der Waals surface area contributed by atoms with Crippen LogP contribution in [-0.4, -0.2) is 21.7 Å². The van der Waals surface area contributed by atoms with Gasteiger partial charge in [0.05, 0.1) is 4.92 Å². The lowest BCUT2D eigenvalue weighted by atomic mass is 10.0. The number of nitro benzene ring substituents is 1. The predicted octanol–water partition coefficient (Wildman–Crippen LogP) is 1.49. The molecule has 0 heterocycles. The number of hydrogen-bond donors (Lipinski definition) is 3. The minimum atomic E-state index is -0.655. The highest BCUT2D eigenvalue weighted by molar-refractivity contribution is 5.85. The second-order valence-corrected chi connectivity index (χ2v) is 3.48. The largest absolute Gasteiger partial charge is 0.502 e. The van der Waals surface area contributed by atoms with E-state index in [2.05, 4.69) is 0 Å². The molecule has 0 bridgehead atoms. The highest BCUT2D eigenvalue weighted by Crippen LogP contribution is 2.29. The predicted molar refractivity (Wildman–Crippen MR) is 65.3 cm³/mol. The number of nitro groups is 1. The number of nitrogens with two attached hydrogens (primary N) is 1. The Labute approximate surface area is 105 Å². The summed E-state index contributed by atoms with van der Waals surface area (Å²) in [7, 11) is 0. The van der Waals surface area contributed by atoms with Crippen LogP contribution in [-0.2, 0) is 0 Å². The van der Waals surface area contributed by atoms with Crippen LogP contribution in [0.15, 0.2) is 18.2 Å². The van der Waals surface area contributed by atoms with Gasteiger partial charge >= 0.3 is 5.69 Å². The second-order valence-electron chi connectivity index (χ2n) is 3.48. The van der Waals surface area contributed by atoms with Crippen LogP contribution in [0.25, 0.3) is 0 Å². The van der Waals surface area contributed by atoms with E-state index in [1.165, 1.54) is 12.1 Å². The molecule has 1 aromatic carbocycles. The zero-order chi connectivity index (χ0) is 12.1. The van der Waals surface area contributed by atoms with Gasteiger partial charge < -0.3 is 15.9 Å². The Bertz CT molecular complexity index is 387. The van der Waals surface area contributed by atoms with Crippen molar-refractivity contribution in [1.82, 2.24) is 0 Å². The van der Waals surface area contributed by atoms with Gasteiger partial charge in [-0.15, -0.1) is 12.4 Å². The van der Waals surface area contributed by atoms with Gasteiger partial charge in [-0.1, -0.05) is 6.07 Å². The van der Waals surface area contributed by atoms with Crippen LogP contribution in [0.2, 0.25) is 0 Å². The first-order chi connectivity index (χ1) is 7.56. The monoisotopic (exact) mass is 262 g/mol. The molecule has 0 fully saturated rings. The summed E-state index contributed by atoms with van der Waals surface area (Å²) in [6.45, 7) is 0.0356. The summed E-state index contributed by atoms with van der Waals surface area (Å²) in [5.41, 5.74) is 6.02. The quantitative estimate of drug-likeness (QED) is 0.550. The van der Waals surface area contributed by atoms with E-state index in [0.717, 1.165) is 0 Å². The Balaban J connectivity index is 0.00000256. The number of nitrogens with zero attached hydrogens (tertiary/aromatic N) is 1. The van der Waals surface area contributed by atoms with Crippen LogP contribution >= 0.6 is 12.4 Å². The van der Waals surface area contributed by atoms with E-state index < -0.39 is 4.92 Å². The number of phenols is 1. The van der Waals surface area contributed by atoms with Crippen LogP contribution in [0, 0.1) is 10.1 Å². The van der Waals surface area contributed by atoms with Crippen molar-refractivity contribution in [2.24, 2.45) is 5.73 Å². The van der Waals surface area contributed by atoms with E-state index in [1.807, 2.05) is 0 Å². The fourth-order valence-corrected chi connectivity index (χ4v) is 1.40. The van der Waals surface area contributed by atoms with Crippen LogP contribution in [0.5, 0.6) is 5.75 Å². The minimum absolute atomic E-state index is 0. The number of aromatic hydroxyl groups is 1. The Kier molecular flexibility index (Phi) is 6.48. The lowest BCUT2D eigenvalue weighted by Gasteiger charge is -2.11. The molecule has 4 N–H and O–H groups in total. The molecular formula is C10H15ClN2O4. The Morgan fingerprint density at radius 2 is 2.12 bits per heavy atom. The maximum Gasteiger partial charge on any atom is 0.311 e. The highest BCUT2D eigenvalue weighted by Gasteiger charge is 2.16. The molecular weight excluding hydrogens is 248 g/mol. The van der Waals surface area contributed by atoms with Gasteiger partial charge in [0.15, 0.2) is 5.75 Å². The molecule has 0 saturated carbocycles. The van der Waals surface area contributed by atoms with Crippen molar-refractivity contribution >= 4 is 18.1 Å². The number of phenolic OH excluding ortho intramolecular Hbond substituents is 1. The maximum atomic E-state index is 10.6. The third-order valence-electron chi connectivity index (χ3n) is 2.30. The SMILES string of the molecule is Cl.N[C@@H](CCCO)c1ccc(O)c([N+](=O)[O-])c1. The van der Waals surface area contributed by atoms with E-state index in [0.29, 0.717) is 18.4 Å². The molecule has 6 nitrogen and oxygen atoms in total. The summed E-state index contributed by atoms with van der Waals surface area (Å²) in [4.78, 5) is 9.92. The number of rotatable bonds is 5. The van der Waals surface area contributed by atoms with Gasteiger partial charge in [-0.05, 0) is 24.5 Å². The second kappa shape index (κ2) is 7.05. The van der Waals surface area contributed by atoms with Gasteiger partial charge in [0.1, 0.15) is 0 Å². The molecule has 0 radical (unpaired) electrons. The Hall–Kier alpha value is -1.37. The van der Waals surface area contributed by atoms with Crippen LogP contribution < -0.4 is 5.73 Å². The molecule has 0 aliphatic heterocycles. The Morgan fingerprint density at radius 3 is 2.65 bits per heavy atom. The van der Waals surface area contributed by atoms with Gasteiger partial charge in [-0.2, -0.15) is 0 Å². The molecule has 7 heteroatoms. The van der Waals surface area contributed by atoms with Crippen molar-refractivity contribution in [2.45, 2.75) is 18.9 Å². The van der Waals surface area contributed by atoms with Crippen molar-refractivity contribution in [1.29, 1.82) is 0 Å². The zero-order valence-corrected chi connectivity index (χ0v) is 9.89. The average Bonchev–Trinajstić information content (AvgIpc) is 2.26. The van der Waals surface area contributed by atoms with E-state index in [-0.39, 0.29) is 36.5 Å². The number of benzene rings is 1. The fraction of sp³-hybridized carbons (Fsp3) is 0.400. The first-order valence-electron chi connectivity index (χ1n) is 4.90. The molecule has 0 saturated heterocycles. The van der Waals surface area contributed by atoms with Crippen LogP contribution in [0.4, 0.5) is 5.69 Å². The van der Waals surface area contributed by atoms with Gasteiger partial charge in [0.2, 0.25) is 0 Å². The standard InChI is InChI=1S/C10H14N2O4.ClH/c11-8(2-1-5-13)7-3-4-10(14)9(6-7)12(15)16;/h3-4,6,8,13-14H,1-2,5,11H2;1H/t8-;/m0./s1. The third kappa shape index (κ3) is 4.18. The van der Waals surface area contributed by atoms with Crippen molar-refractivity contribution in [2.75, 3.05) is 6.61 Å². The van der Waals surface area contributed by atoms with Crippen molar-refractivity contribution in [3.8, 4) is 5.75 Å². The molecule has 1 rings (SSSR count). The van der Waals surface area contributed by atoms with Crippen molar-refractivity contribution < 1.29 is 15.1 Å². The van der Waals surface area contributed by atoms with E-state index in [9.17, 15) is 15.2 Å². The van der Waals surface area contributed by atoms with E-state index in [4.69, 9.17) is 10.8 Å². The molecule has 0 unspecified atom stereocenters. The maximum absolute atomic E-state index is 10.6. The summed E-state index contributed by atoms with van der Waals surface area (Å²) < 4.78 is 0. The summed E-state index contributed by atoms with van der Waals surface area (Å²) in [5, 5.41) is 28.5. The molecule has 96 valence electrons. The van der Waals surface area contributed by atoms with Gasteiger partial charge in [-0.3, -0.25) is 10.1 Å². The molecule has 0 aliphatic carbocycles. The lowest BCUT2D eigenvalue weighted by Crippen LogP contribution is -2.11. The molecule has 0 amide bonds. The molecule has 0 aliphatic rings. The molecule has 17 heavy (non-hydrogen) atoms. The summed E-state index contributed by atoms with van der Waals surface area (Å²) in [6.07, 6.45) is 1.08. The topological polar surface area (TPSA) is 110 Å². The average molecular weight is 263 g/mol. The lowest BCUT2D eigenvalue weighted by molar-refractivity contribution is -0.385. The molecule has 0 aromatic heterocycles. The number of hydrogen-bond acceptors (Lipinski definition) is 5. The van der Waals surface area contributed by atoms with Crippen molar-refractivity contribution in [3.63, 3.8) is 0 Å². The summed E-state index contributed by atoms with van der Waals surface area (Å²) >= 11 is 0. The highest BCUT2D eigenvalue weighted by atomic mass is 35.5. The normalized spacial score (nSPS) is 11.6. The number of halogens is 1. The summed E-state index contributed by atoms with van der Waals surface area (Å²) in [6, 6.07) is 3.69. The van der Waals surface area contributed by atoms with Gasteiger partial charge in [0, 0.05) is 18.7 Å². The third-order valence-corrected chi connectivity index (χ3v) is 2.30. The zero-order valence-electron chi connectivity index (χ0n) is 9.07. The minimum Gasteiger partial charge on any atom is -0.502 e. The van der Waals surface area contributed by atoms with E-state index >= 15 is 0 Å². The number of aliphatic hydroxyl groups is 1. The van der Waals surface area contributed by atoms with Gasteiger partial charge in [0.25, 0.3) is 0 Å².